The summed E-state index contributed by atoms with van der Waals surface area (Å²) in [5.74, 6) is -1.17. The van der Waals surface area contributed by atoms with Gasteiger partial charge in [0.1, 0.15) is 24.4 Å². The lowest BCUT2D eigenvalue weighted by molar-refractivity contribution is -0.305. The first-order valence-electron chi connectivity index (χ1n) is 36.1. The quantitative estimate of drug-likeness (QED) is 0.0195. The zero-order valence-electron chi connectivity index (χ0n) is 54.6. The fraction of sp³-hybridized carbons (Fsp3) is 0.917. The molecule has 11 nitrogen and oxygen atoms in total. The Morgan fingerprint density at radius 1 is 0.458 bits per heavy atom. The van der Waals surface area contributed by atoms with Gasteiger partial charge < -0.3 is 45.1 Å². The molecule has 1 fully saturated rings. The van der Waals surface area contributed by atoms with Crippen LogP contribution in [0.25, 0.3) is 0 Å². The van der Waals surface area contributed by atoms with Gasteiger partial charge in [0.15, 0.2) is 12.4 Å². The Morgan fingerprint density at radius 3 is 1.17 bits per heavy atom. The first-order valence-corrected chi connectivity index (χ1v) is 36.1. The first kappa shape index (κ1) is 79.2. The maximum Gasteiger partial charge on any atom is 0.306 e. The van der Waals surface area contributed by atoms with Gasteiger partial charge in [0.25, 0.3) is 0 Å². The number of allylic oxidation sites excluding steroid dienone is 3. The summed E-state index contributed by atoms with van der Waals surface area (Å²) < 4.78 is 17.7. The first-order chi connectivity index (χ1) is 40.7. The molecule has 8 atom stereocenters. The summed E-state index contributed by atoms with van der Waals surface area (Å²) >= 11 is 0. The van der Waals surface area contributed by atoms with Gasteiger partial charge >= 0.3 is 5.97 Å². The van der Waals surface area contributed by atoms with E-state index in [-0.39, 0.29) is 13.0 Å². The van der Waals surface area contributed by atoms with Crippen molar-refractivity contribution in [3.05, 3.63) is 24.3 Å². The molecule has 0 radical (unpaired) electrons. The molecule has 11 heteroatoms. The van der Waals surface area contributed by atoms with E-state index >= 15 is 0 Å². The molecule has 0 spiro atoms. The molecule has 0 aromatic heterocycles. The molecule has 1 heterocycles. The number of carbonyl (C=O) groups excluding carboxylic acids is 2. The molecule has 0 aliphatic carbocycles. The second kappa shape index (κ2) is 60.4. The number of hydrogen-bond donors (Lipinski definition) is 6. The number of carbonyl (C=O) groups is 2. The van der Waals surface area contributed by atoms with E-state index in [4.69, 9.17) is 14.2 Å². The van der Waals surface area contributed by atoms with Crippen LogP contribution in [-0.4, -0.2) is 99.6 Å². The van der Waals surface area contributed by atoms with Gasteiger partial charge in [0.05, 0.1) is 25.4 Å². The Balaban J connectivity index is 2.52. The highest BCUT2D eigenvalue weighted by Gasteiger charge is 2.47. The molecule has 490 valence electrons. The molecule has 83 heavy (non-hydrogen) atoms. The summed E-state index contributed by atoms with van der Waals surface area (Å²) in [4.78, 5) is 26.7. The third-order valence-electron chi connectivity index (χ3n) is 17.4. The molecule has 0 saturated carbocycles. The molecular weight excluding hydrogens is 1040 g/mol. The van der Waals surface area contributed by atoms with E-state index in [1.807, 2.05) is 6.08 Å². The van der Waals surface area contributed by atoms with Crippen LogP contribution in [0.2, 0.25) is 0 Å². The summed E-state index contributed by atoms with van der Waals surface area (Å²) in [7, 11) is 0. The van der Waals surface area contributed by atoms with Crippen molar-refractivity contribution in [2.75, 3.05) is 13.2 Å². The van der Waals surface area contributed by atoms with E-state index in [0.717, 1.165) is 57.8 Å². The van der Waals surface area contributed by atoms with Crippen LogP contribution in [0.3, 0.4) is 0 Å². The van der Waals surface area contributed by atoms with Gasteiger partial charge in [-0.25, -0.2) is 0 Å². The second-order valence-electron chi connectivity index (χ2n) is 25.3. The van der Waals surface area contributed by atoms with Gasteiger partial charge in [-0.15, -0.1) is 0 Å². The molecule has 1 aliphatic rings. The lowest BCUT2D eigenvalue weighted by Gasteiger charge is -2.41. The normalized spacial score (nSPS) is 18.6. The van der Waals surface area contributed by atoms with E-state index in [9.17, 15) is 35.1 Å². The summed E-state index contributed by atoms with van der Waals surface area (Å²) in [6, 6.07) is -1.02. The number of hydrogen-bond acceptors (Lipinski definition) is 10. The molecule has 8 unspecified atom stereocenters. The molecule has 0 bridgehead atoms. The Labute approximate surface area is 511 Å². The molecule has 1 rings (SSSR count). The van der Waals surface area contributed by atoms with Crippen LogP contribution in [0.4, 0.5) is 0 Å². The third kappa shape index (κ3) is 47.8. The summed E-state index contributed by atoms with van der Waals surface area (Å²) in [5.41, 5.74) is 0. The van der Waals surface area contributed by atoms with E-state index in [2.05, 4.69) is 38.2 Å². The fourth-order valence-electron chi connectivity index (χ4n) is 11.7. The largest absolute Gasteiger partial charge is 0.454 e. The number of amides is 1. The number of esters is 1. The van der Waals surface area contributed by atoms with Crippen LogP contribution < -0.4 is 5.32 Å². The van der Waals surface area contributed by atoms with Gasteiger partial charge in [0.2, 0.25) is 5.91 Å². The Hall–Kier alpha value is -1.86. The number of ether oxygens (including phenoxy) is 3. The number of nitrogens with one attached hydrogen (secondary N) is 1. The van der Waals surface area contributed by atoms with Crippen LogP contribution in [0.5, 0.6) is 0 Å². The summed E-state index contributed by atoms with van der Waals surface area (Å²) in [6.07, 6.45) is 62.3. The number of unbranched alkanes of at least 4 members (excludes halogenated alkanes) is 47. The average Bonchev–Trinajstić information content (AvgIpc) is 3.67. The van der Waals surface area contributed by atoms with Gasteiger partial charge in [-0.1, -0.05) is 328 Å². The van der Waals surface area contributed by atoms with Crippen molar-refractivity contribution in [2.45, 2.75) is 410 Å². The van der Waals surface area contributed by atoms with Gasteiger partial charge in [-0.3, -0.25) is 9.59 Å². The molecule has 1 aliphatic heterocycles. The zero-order chi connectivity index (χ0) is 60.3. The van der Waals surface area contributed by atoms with Crippen molar-refractivity contribution in [1.29, 1.82) is 0 Å². The van der Waals surface area contributed by atoms with Crippen molar-refractivity contribution in [3.63, 3.8) is 0 Å². The lowest BCUT2D eigenvalue weighted by atomic mass is 9.99. The molecule has 1 saturated heterocycles. The van der Waals surface area contributed by atoms with Crippen LogP contribution in [0.1, 0.15) is 361 Å². The van der Waals surface area contributed by atoms with Crippen LogP contribution in [-0.2, 0) is 23.8 Å². The monoisotopic (exact) mass is 1180 g/mol. The highest BCUT2D eigenvalue weighted by Crippen LogP contribution is 2.26. The highest BCUT2D eigenvalue weighted by molar-refractivity contribution is 5.80. The number of aliphatic hydroxyl groups is 5. The zero-order valence-corrected chi connectivity index (χ0v) is 54.6. The smallest absolute Gasteiger partial charge is 0.306 e. The summed E-state index contributed by atoms with van der Waals surface area (Å²) in [6.45, 7) is 5.84. The molecule has 0 aromatic rings. The maximum atomic E-state index is 13.5. The number of rotatable bonds is 63. The van der Waals surface area contributed by atoms with Gasteiger partial charge in [-0.05, 0) is 51.4 Å². The Bertz CT molecular complexity index is 1450. The fourth-order valence-corrected chi connectivity index (χ4v) is 11.7. The highest BCUT2D eigenvalue weighted by atomic mass is 16.7. The van der Waals surface area contributed by atoms with E-state index < -0.39 is 67.4 Å². The minimum absolute atomic E-state index is 0.129. The predicted molar refractivity (Wildman–Crippen MR) is 348 cm³/mol. The van der Waals surface area contributed by atoms with Crippen molar-refractivity contribution in [2.24, 2.45) is 0 Å². The van der Waals surface area contributed by atoms with Gasteiger partial charge in [0, 0.05) is 6.42 Å². The van der Waals surface area contributed by atoms with Crippen molar-refractivity contribution in [3.8, 4) is 0 Å². The van der Waals surface area contributed by atoms with Crippen molar-refractivity contribution >= 4 is 11.9 Å². The van der Waals surface area contributed by atoms with Gasteiger partial charge in [-0.2, -0.15) is 0 Å². The molecule has 0 aromatic carbocycles. The van der Waals surface area contributed by atoms with E-state index in [1.165, 1.54) is 257 Å². The van der Waals surface area contributed by atoms with Crippen LogP contribution >= 0.6 is 0 Å². The standard InChI is InChI=1S/C72H137NO10/c1-4-7-10-13-16-19-22-24-26-28-30-31-32-33-34-35-36-38-40-42-45-48-51-54-57-60-67(77)83-70-69(79)68(78)66(61-74)82-72(70)81-62-63(64(75)58-55-52-49-46-43-21-18-15-12-9-6-3)73-71(80)65(76)59-56-53-50-47-44-41-39-37-29-27-25-23-20-17-14-11-8-5-2/h24,26,55,58,63-66,68-70,72,74-76,78-79H,4-23,25,27-54,56-57,59-62H2,1-3H3,(H,73,80)/b26-24+,58-55+. The van der Waals surface area contributed by atoms with Crippen LogP contribution in [0, 0.1) is 0 Å². The second-order valence-corrected chi connectivity index (χ2v) is 25.3. The molecular formula is C72H137NO10. The lowest BCUT2D eigenvalue weighted by Crippen LogP contribution is -2.61. The number of aliphatic hydroxyl groups excluding tert-OH is 5. The Kier molecular flexibility index (Phi) is 57.6. The minimum Gasteiger partial charge on any atom is -0.454 e. The Morgan fingerprint density at radius 2 is 0.795 bits per heavy atom. The van der Waals surface area contributed by atoms with E-state index in [1.54, 1.807) is 6.08 Å². The van der Waals surface area contributed by atoms with Crippen molar-refractivity contribution < 1.29 is 49.3 Å². The van der Waals surface area contributed by atoms with E-state index in [0.29, 0.717) is 19.3 Å². The maximum absolute atomic E-state index is 13.5. The topological polar surface area (TPSA) is 175 Å². The molecule has 6 N–H and O–H groups in total. The molecule has 1 amide bonds. The summed E-state index contributed by atoms with van der Waals surface area (Å²) in [5, 5.41) is 57.2. The predicted octanol–water partition coefficient (Wildman–Crippen LogP) is 18.4. The SMILES string of the molecule is CCCCCCCC/C=C/CCCCCCCCCCCCCCCCCC(=O)OC1C(OCC(NC(=O)C(O)CCCCCCCCCCCCCCCCCCCC)C(O)/C=C/CCCCCCCCCCC)OC(CO)C(O)C1O. The van der Waals surface area contributed by atoms with Crippen LogP contribution in [0.15, 0.2) is 24.3 Å². The minimum atomic E-state index is -1.61. The third-order valence-corrected chi connectivity index (χ3v) is 17.4. The van der Waals surface area contributed by atoms with Crippen molar-refractivity contribution in [1.82, 2.24) is 5.32 Å². The average molecular weight is 1180 g/mol.